The van der Waals surface area contributed by atoms with Crippen LogP contribution in [0.25, 0.3) is 0 Å². The zero-order chi connectivity index (χ0) is 14.9. The number of carboxylic acid groups (broad SMARTS) is 1. The highest BCUT2D eigenvalue weighted by Gasteiger charge is 2.40. The fourth-order valence-corrected chi connectivity index (χ4v) is 3.05. The van der Waals surface area contributed by atoms with Crippen molar-refractivity contribution in [3.8, 4) is 0 Å². The van der Waals surface area contributed by atoms with E-state index >= 15 is 0 Å². The number of aryl methyl sites for hydroxylation is 1. The maximum atomic E-state index is 11.1. The van der Waals surface area contributed by atoms with Crippen molar-refractivity contribution < 1.29 is 14.6 Å². The smallest absolute Gasteiger partial charge is 0.341 e. The van der Waals surface area contributed by atoms with Gasteiger partial charge in [0.2, 0.25) is 0 Å². The van der Waals surface area contributed by atoms with Crippen LogP contribution in [0.2, 0.25) is 0 Å². The van der Waals surface area contributed by atoms with Gasteiger partial charge < -0.3 is 15.6 Å². The van der Waals surface area contributed by atoms with Gasteiger partial charge in [-0.2, -0.15) is 0 Å². The van der Waals surface area contributed by atoms with E-state index in [1.165, 1.54) is 0 Å². The molecule has 0 saturated heterocycles. The summed E-state index contributed by atoms with van der Waals surface area (Å²) in [5.41, 5.74) is 5.60. The molecule has 2 atom stereocenters. The Hall–Kier alpha value is -1.69. The van der Waals surface area contributed by atoms with E-state index in [-0.39, 0.29) is 11.4 Å². The largest absolute Gasteiger partial charge is 0.477 e. The van der Waals surface area contributed by atoms with Gasteiger partial charge >= 0.3 is 5.97 Å². The molecule has 0 amide bonds. The van der Waals surface area contributed by atoms with Crippen LogP contribution >= 0.6 is 0 Å². The molecule has 20 heavy (non-hydrogen) atoms. The minimum absolute atomic E-state index is 0.00894. The summed E-state index contributed by atoms with van der Waals surface area (Å²) >= 11 is 0. The Balaban J connectivity index is 2.48. The third-order valence-electron chi connectivity index (χ3n) is 4.09. The van der Waals surface area contributed by atoms with Crippen LogP contribution < -0.4 is 5.73 Å². The molecule has 0 radical (unpaired) electrons. The highest BCUT2D eigenvalue weighted by molar-refractivity contribution is 5.93. The number of rotatable bonds is 3. The molecular weight excluding hydrogens is 258 g/mol. The average Bonchev–Trinajstić information content (AvgIpc) is 2.37. The summed E-state index contributed by atoms with van der Waals surface area (Å²) in [6.07, 6.45) is 3.86. The maximum Gasteiger partial charge on any atom is 0.341 e. The van der Waals surface area contributed by atoms with Crippen molar-refractivity contribution in [3.63, 3.8) is 0 Å². The normalized spacial score (nSPS) is 26.4. The van der Waals surface area contributed by atoms with Gasteiger partial charge in [-0.3, -0.25) is 0 Å². The number of aromatic nitrogens is 2. The molecule has 1 aromatic rings. The van der Waals surface area contributed by atoms with Gasteiger partial charge in [0, 0.05) is 7.11 Å². The predicted molar refractivity (Wildman–Crippen MR) is 74.5 cm³/mol. The Bertz CT molecular complexity index is 509. The van der Waals surface area contributed by atoms with E-state index < -0.39 is 11.6 Å². The van der Waals surface area contributed by atoms with E-state index in [0.29, 0.717) is 17.4 Å². The van der Waals surface area contributed by atoms with E-state index in [4.69, 9.17) is 15.6 Å². The lowest BCUT2D eigenvalue weighted by Gasteiger charge is -2.37. The molecule has 3 N–H and O–H groups in total. The van der Waals surface area contributed by atoms with Crippen LogP contribution in [0.3, 0.4) is 0 Å². The summed E-state index contributed by atoms with van der Waals surface area (Å²) in [6.45, 7) is 3.81. The monoisotopic (exact) mass is 279 g/mol. The molecule has 110 valence electrons. The lowest BCUT2D eigenvalue weighted by Crippen LogP contribution is -2.36. The number of nitrogens with two attached hydrogens (primary N) is 1. The number of carboxylic acids is 1. The maximum absolute atomic E-state index is 11.1. The molecule has 0 spiro atoms. The van der Waals surface area contributed by atoms with E-state index in [1.807, 2.05) is 0 Å². The van der Waals surface area contributed by atoms with Crippen LogP contribution in [0.4, 0.5) is 5.82 Å². The summed E-state index contributed by atoms with van der Waals surface area (Å²) in [4.78, 5) is 19.7. The molecule has 1 aliphatic carbocycles. The number of nitrogen functional groups attached to an aromatic ring is 1. The quantitative estimate of drug-likeness (QED) is 0.879. The topological polar surface area (TPSA) is 98.3 Å². The molecule has 6 heteroatoms. The van der Waals surface area contributed by atoms with Crippen molar-refractivity contribution in [1.29, 1.82) is 0 Å². The van der Waals surface area contributed by atoms with Gasteiger partial charge in [-0.1, -0.05) is 13.3 Å². The summed E-state index contributed by atoms with van der Waals surface area (Å²) in [5.74, 6) is -0.0655. The average molecular weight is 279 g/mol. The number of nitrogens with zero attached hydrogens (tertiary/aromatic N) is 2. The first kappa shape index (κ1) is 14.7. The van der Waals surface area contributed by atoms with Gasteiger partial charge in [0.1, 0.15) is 17.0 Å². The van der Waals surface area contributed by atoms with Gasteiger partial charge in [0.05, 0.1) is 5.69 Å². The number of ether oxygens (including phenoxy) is 1. The zero-order valence-corrected chi connectivity index (χ0v) is 12.1. The number of hydrogen-bond acceptors (Lipinski definition) is 5. The Morgan fingerprint density at radius 2 is 2.20 bits per heavy atom. The molecule has 0 aliphatic heterocycles. The molecule has 0 aromatic carbocycles. The van der Waals surface area contributed by atoms with Crippen LogP contribution in [0.5, 0.6) is 0 Å². The van der Waals surface area contributed by atoms with Crippen molar-refractivity contribution in [3.05, 3.63) is 17.1 Å². The Morgan fingerprint density at radius 1 is 1.50 bits per heavy atom. The van der Waals surface area contributed by atoms with Crippen molar-refractivity contribution >= 4 is 11.8 Å². The van der Waals surface area contributed by atoms with Crippen LogP contribution in [0.1, 0.15) is 54.5 Å². The third-order valence-corrected chi connectivity index (χ3v) is 4.09. The lowest BCUT2D eigenvalue weighted by molar-refractivity contribution is -0.0646. The van der Waals surface area contributed by atoms with E-state index in [0.717, 1.165) is 25.7 Å². The molecule has 1 heterocycles. The zero-order valence-electron chi connectivity index (χ0n) is 12.1. The van der Waals surface area contributed by atoms with Crippen LogP contribution in [0, 0.1) is 12.8 Å². The van der Waals surface area contributed by atoms with E-state index in [1.54, 1.807) is 14.0 Å². The standard InChI is InChI=1S/C14H21N3O3/c1-8-5-4-6-14(7-8,20-3)13-16-9(2)10(12(18)19)11(15)17-13/h8H,4-7H2,1-3H3,(H,18,19)(H2,15,16,17). The molecule has 1 aliphatic rings. The van der Waals surface area contributed by atoms with Gasteiger partial charge in [0.25, 0.3) is 0 Å². The van der Waals surface area contributed by atoms with E-state index in [9.17, 15) is 4.79 Å². The minimum Gasteiger partial charge on any atom is -0.477 e. The number of carbonyl (C=O) groups is 1. The molecule has 0 bridgehead atoms. The number of anilines is 1. The molecule has 6 nitrogen and oxygen atoms in total. The Labute approximate surface area is 118 Å². The lowest BCUT2D eigenvalue weighted by atomic mass is 9.78. The number of methoxy groups -OCH3 is 1. The minimum atomic E-state index is -1.10. The summed E-state index contributed by atoms with van der Waals surface area (Å²) in [6, 6.07) is 0. The molecule has 1 fully saturated rings. The fourth-order valence-electron chi connectivity index (χ4n) is 3.05. The fraction of sp³-hybridized carbons (Fsp3) is 0.643. The number of hydrogen-bond donors (Lipinski definition) is 2. The van der Waals surface area contributed by atoms with Gasteiger partial charge in [-0.25, -0.2) is 14.8 Å². The molecule has 1 aromatic heterocycles. The van der Waals surface area contributed by atoms with Gasteiger partial charge in [-0.15, -0.1) is 0 Å². The SMILES string of the molecule is COC1(c2nc(C)c(C(=O)O)c(N)n2)CCCC(C)C1. The molecular formula is C14H21N3O3. The van der Waals surface area contributed by atoms with Crippen LogP contribution in [-0.2, 0) is 10.3 Å². The Kier molecular flexibility index (Phi) is 3.94. The first-order valence-corrected chi connectivity index (χ1v) is 6.82. The second kappa shape index (κ2) is 5.36. The Morgan fingerprint density at radius 3 is 2.70 bits per heavy atom. The highest BCUT2D eigenvalue weighted by Crippen LogP contribution is 2.41. The predicted octanol–water partition coefficient (Wildman–Crippen LogP) is 2.12. The van der Waals surface area contributed by atoms with Crippen molar-refractivity contribution in [2.24, 2.45) is 5.92 Å². The molecule has 1 saturated carbocycles. The highest BCUT2D eigenvalue weighted by atomic mass is 16.5. The molecule has 2 unspecified atom stereocenters. The summed E-state index contributed by atoms with van der Waals surface area (Å²) in [7, 11) is 1.65. The molecule has 2 rings (SSSR count). The second-order valence-electron chi connectivity index (χ2n) is 5.60. The van der Waals surface area contributed by atoms with Gasteiger partial charge in [0.15, 0.2) is 5.82 Å². The second-order valence-corrected chi connectivity index (χ2v) is 5.60. The first-order valence-electron chi connectivity index (χ1n) is 6.82. The van der Waals surface area contributed by atoms with Gasteiger partial charge in [-0.05, 0) is 32.1 Å². The van der Waals surface area contributed by atoms with E-state index in [2.05, 4.69) is 16.9 Å². The summed E-state index contributed by atoms with van der Waals surface area (Å²) < 4.78 is 5.72. The van der Waals surface area contributed by atoms with Crippen molar-refractivity contribution in [1.82, 2.24) is 9.97 Å². The first-order chi connectivity index (χ1) is 9.39. The van der Waals surface area contributed by atoms with Crippen LogP contribution in [0.15, 0.2) is 0 Å². The van der Waals surface area contributed by atoms with Crippen molar-refractivity contribution in [2.45, 2.75) is 45.1 Å². The van der Waals surface area contributed by atoms with Crippen LogP contribution in [-0.4, -0.2) is 28.2 Å². The summed E-state index contributed by atoms with van der Waals surface area (Å²) in [5, 5.41) is 9.12. The third kappa shape index (κ3) is 2.47. The number of aromatic carboxylic acids is 1. The van der Waals surface area contributed by atoms with Crippen molar-refractivity contribution in [2.75, 3.05) is 12.8 Å².